The van der Waals surface area contributed by atoms with Crippen molar-refractivity contribution in [2.45, 2.75) is 5.60 Å². The fraction of sp³-hybridized carbons (Fsp3) is 0.147. The SMILES string of the molecule is COc1ccccc1N(C)c1ccc2c(c1)Oc1cc(N(C)C3=C(O)PCC=C3)ccc1C21OC(=O)c2c(Cl)c(Cl)c(Cl)c(Cl)c21. The number of allylic oxidation sites excluding steroid dienone is 2. The Hall–Kier alpha value is -3.58. The van der Waals surface area contributed by atoms with Gasteiger partial charge in [0, 0.05) is 54.3 Å². The van der Waals surface area contributed by atoms with Crippen LogP contribution in [0.5, 0.6) is 17.2 Å². The number of hydrogen-bond acceptors (Lipinski definition) is 7. The standard InChI is InChI=1S/C34H25Cl4N2O5P/c1-39(21-7-4-5-9-23(21)43-3)17-10-12-19-24(15-17)44-25-16-18(40(2)22-8-6-14-46-33(22)42)11-13-20(25)34(19)27-26(32(41)45-34)28(35)30(37)31(38)29(27)36/h4-13,15-16,42,46H,14H2,1-3H3. The monoisotopic (exact) mass is 712 g/mol. The number of likely N-dealkylation sites (N-methyl/N-ethyl adjacent to an activating group) is 1. The maximum atomic E-state index is 13.7. The molecule has 0 aromatic heterocycles. The van der Waals surface area contributed by atoms with Crippen molar-refractivity contribution in [1.29, 1.82) is 0 Å². The second-order valence-electron chi connectivity index (χ2n) is 10.8. The smallest absolute Gasteiger partial charge is 0.341 e. The third kappa shape index (κ3) is 4.56. The van der Waals surface area contributed by atoms with Gasteiger partial charge in [-0.1, -0.05) is 64.6 Å². The van der Waals surface area contributed by atoms with Gasteiger partial charge in [-0.3, -0.25) is 0 Å². The fourth-order valence-corrected chi connectivity index (χ4v) is 8.10. The highest BCUT2D eigenvalue weighted by Crippen LogP contribution is 2.61. The molecular weight excluding hydrogens is 689 g/mol. The van der Waals surface area contributed by atoms with E-state index in [-0.39, 0.29) is 39.8 Å². The normalized spacial score (nSPS) is 18.2. The van der Waals surface area contributed by atoms with Crippen LogP contribution in [0.4, 0.5) is 17.1 Å². The highest BCUT2D eigenvalue weighted by atomic mass is 35.5. The van der Waals surface area contributed by atoms with Gasteiger partial charge in [-0.15, -0.1) is 0 Å². The molecule has 4 aromatic carbocycles. The molecule has 0 radical (unpaired) electrons. The van der Waals surface area contributed by atoms with Gasteiger partial charge in [0.1, 0.15) is 22.7 Å². The van der Waals surface area contributed by atoms with Crippen molar-refractivity contribution in [3.8, 4) is 17.2 Å². The van der Waals surface area contributed by atoms with Gasteiger partial charge < -0.3 is 29.1 Å². The van der Waals surface area contributed by atoms with E-state index in [0.29, 0.717) is 39.6 Å². The molecule has 7 rings (SSSR count). The molecule has 1 N–H and O–H groups in total. The first-order chi connectivity index (χ1) is 22.1. The number of para-hydroxylation sites is 2. The summed E-state index contributed by atoms with van der Waals surface area (Å²) < 4.78 is 18.6. The van der Waals surface area contributed by atoms with E-state index >= 15 is 0 Å². The van der Waals surface area contributed by atoms with Crippen LogP contribution < -0.4 is 19.3 Å². The summed E-state index contributed by atoms with van der Waals surface area (Å²) in [7, 11) is 5.69. The van der Waals surface area contributed by atoms with Crippen molar-refractivity contribution in [1.82, 2.24) is 0 Å². The minimum atomic E-state index is -1.56. The van der Waals surface area contributed by atoms with Crippen molar-refractivity contribution in [3.05, 3.63) is 126 Å². The van der Waals surface area contributed by atoms with Crippen LogP contribution >= 0.6 is 55.0 Å². The van der Waals surface area contributed by atoms with E-state index in [0.717, 1.165) is 23.2 Å². The van der Waals surface area contributed by atoms with Gasteiger partial charge in [0.2, 0.25) is 0 Å². The number of anilines is 3. The van der Waals surface area contributed by atoms with Crippen LogP contribution in [0, 0.1) is 0 Å². The van der Waals surface area contributed by atoms with Gasteiger partial charge in [-0.25, -0.2) is 4.79 Å². The number of nitrogens with zero attached hydrogens (tertiary/aromatic N) is 2. The summed E-state index contributed by atoms with van der Waals surface area (Å²) in [6.45, 7) is 0. The van der Waals surface area contributed by atoms with Crippen LogP contribution in [-0.4, -0.2) is 38.4 Å². The van der Waals surface area contributed by atoms with Gasteiger partial charge in [-0.2, -0.15) is 0 Å². The van der Waals surface area contributed by atoms with Crippen molar-refractivity contribution in [3.63, 3.8) is 0 Å². The Morgan fingerprint density at radius 1 is 0.870 bits per heavy atom. The molecule has 0 bridgehead atoms. The molecule has 3 aliphatic heterocycles. The highest BCUT2D eigenvalue weighted by Gasteiger charge is 2.56. The van der Waals surface area contributed by atoms with Crippen LogP contribution in [-0.2, 0) is 10.3 Å². The van der Waals surface area contributed by atoms with E-state index in [2.05, 4.69) is 0 Å². The Kier molecular flexibility index (Phi) is 7.82. The van der Waals surface area contributed by atoms with E-state index in [1.54, 1.807) is 7.11 Å². The third-order valence-corrected chi connectivity index (χ3v) is 11.3. The topological polar surface area (TPSA) is 71.5 Å². The Bertz CT molecular complexity index is 2030. The zero-order valence-corrected chi connectivity index (χ0v) is 28.6. The molecule has 0 saturated carbocycles. The summed E-state index contributed by atoms with van der Waals surface area (Å²) in [6.07, 6.45) is 4.72. The van der Waals surface area contributed by atoms with Crippen molar-refractivity contribution < 1.29 is 24.1 Å². The Morgan fingerprint density at radius 3 is 2.15 bits per heavy atom. The van der Waals surface area contributed by atoms with Gasteiger partial charge in [0.05, 0.1) is 44.1 Å². The number of aliphatic hydroxyl groups is 1. The molecule has 3 aliphatic rings. The van der Waals surface area contributed by atoms with Crippen molar-refractivity contribution >= 4 is 78.0 Å². The van der Waals surface area contributed by atoms with Crippen molar-refractivity contribution in [2.75, 3.05) is 37.2 Å². The lowest BCUT2D eigenvalue weighted by molar-refractivity contribution is 0.0225. The average molecular weight is 714 g/mol. The molecule has 0 saturated heterocycles. The summed E-state index contributed by atoms with van der Waals surface area (Å²) in [5, 5.41) is 10.6. The van der Waals surface area contributed by atoms with E-state index < -0.39 is 11.6 Å². The molecule has 3 heterocycles. The number of halogens is 4. The van der Waals surface area contributed by atoms with Crippen molar-refractivity contribution in [2.24, 2.45) is 0 Å². The third-order valence-electron chi connectivity index (χ3n) is 8.47. The predicted molar refractivity (Wildman–Crippen MR) is 186 cm³/mol. The largest absolute Gasteiger partial charge is 0.506 e. The molecule has 1 spiro atoms. The molecule has 2 unspecified atom stereocenters. The van der Waals surface area contributed by atoms with Crippen LogP contribution in [0.25, 0.3) is 0 Å². The lowest BCUT2D eigenvalue weighted by Gasteiger charge is -2.38. The van der Waals surface area contributed by atoms with Gasteiger partial charge in [0.15, 0.2) is 5.60 Å². The number of esters is 1. The molecule has 234 valence electrons. The number of methoxy groups -OCH3 is 1. The Balaban J connectivity index is 1.46. The van der Waals surface area contributed by atoms with Crippen LogP contribution in [0.2, 0.25) is 20.1 Å². The number of ether oxygens (including phenoxy) is 3. The predicted octanol–water partition coefficient (Wildman–Crippen LogP) is 10.1. The molecule has 46 heavy (non-hydrogen) atoms. The molecule has 4 aromatic rings. The molecule has 7 nitrogen and oxygen atoms in total. The Morgan fingerprint density at radius 2 is 1.50 bits per heavy atom. The number of benzene rings is 4. The number of carbonyl (C=O) groups is 1. The fourth-order valence-electron chi connectivity index (χ4n) is 6.18. The van der Waals surface area contributed by atoms with E-state index in [1.165, 1.54) is 0 Å². The summed E-state index contributed by atoms with van der Waals surface area (Å²) in [4.78, 5) is 17.5. The highest BCUT2D eigenvalue weighted by molar-refractivity contribution is 7.43. The summed E-state index contributed by atoms with van der Waals surface area (Å²) in [5.41, 5.74) is 3.17. The zero-order valence-electron chi connectivity index (χ0n) is 24.6. The number of aliphatic hydroxyl groups excluding tert-OH is 1. The van der Waals surface area contributed by atoms with E-state index in [9.17, 15) is 9.90 Å². The number of hydrogen-bond donors (Lipinski definition) is 1. The van der Waals surface area contributed by atoms with Crippen LogP contribution in [0.3, 0.4) is 0 Å². The maximum absolute atomic E-state index is 13.7. The molecule has 0 fully saturated rings. The lowest BCUT2D eigenvalue weighted by Crippen LogP contribution is -2.33. The molecule has 0 aliphatic carbocycles. The lowest BCUT2D eigenvalue weighted by atomic mass is 9.77. The Labute approximate surface area is 287 Å². The molecule has 12 heteroatoms. The first-order valence-electron chi connectivity index (χ1n) is 14.1. The molecular formula is C34H25Cl4N2O5P. The van der Waals surface area contributed by atoms with E-state index in [4.69, 9.17) is 60.6 Å². The first kappa shape index (κ1) is 31.0. The number of carbonyl (C=O) groups excluding carboxylic acids is 1. The summed E-state index contributed by atoms with van der Waals surface area (Å²) in [5.74, 6) is 0.834. The van der Waals surface area contributed by atoms with Gasteiger partial charge in [0.25, 0.3) is 0 Å². The van der Waals surface area contributed by atoms with E-state index in [1.807, 2.05) is 96.7 Å². The molecule has 0 amide bonds. The van der Waals surface area contributed by atoms with Crippen LogP contribution in [0.15, 0.2) is 84.0 Å². The first-order valence-corrected chi connectivity index (χ1v) is 16.8. The second kappa shape index (κ2) is 11.6. The number of fused-ring (bicyclic) bond motifs is 6. The summed E-state index contributed by atoms with van der Waals surface area (Å²) in [6, 6.07) is 18.8. The molecule has 2 atom stereocenters. The maximum Gasteiger partial charge on any atom is 0.341 e. The van der Waals surface area contributed by atoms with Crippen LogP contribution in [0.1, 0.15) is 27.0 Å². The quantitative estimate of drug-likeness (QED) is 0.0955. The summed E-state index contributed by atoms with van der Waals surface area (Å²) >= 11 is 26.5. The van der Waals surface area contributed by atoms with Gasteiger partial charge >= 0.3 is 5.97 Å². The second-order valence-corrected chi connectivity index (χ2v) is 13.6. The minimum absolute atomic E-state index is 0.00978. The average Bonchev–Trinajstić information content (AvgIpc) is 3.38. The number of rotatable bonds is 5. The zero-order chi connectivity index (χ0) is 32.5. The minimum Gasteiger partial charge on any atom is -0.506 e. The van der Waals surface area contributed by atoms with Gasteiger partial charge in [-0.05, 0) is 57.2 Å².